The first-order valence-corrected chi connectivity index (χ1v) is 11.6. The van der Waals surface area contributed by atoms with Crippen molar-refractivity contribution in [1.29, 1.82) is 0 Å². The van der Waals surface area contributed by atoms with E-state index in [1.165, 1.54) is 11.8 Å². The predicted octanol–water partition coefficient (Wildman–Crippen LogP) is 7.03. The van der Waals surface area contributed by atoms with Crippen LogP contribution in [0.5, 0.6) is 0 Å². The number of hydrogen-bond donors (Lipinski definition) is 0. The number of Topliss-reactive ketones (excluding diaryl/α,β-unsaturated/α-hetero) is 2. The van der Waals surface area contributed by atoms with Crippen LogP contribution in [0.3, 0.4) is 0 Å². The molecule has 156 valence electrons. The Balaban J connectivity index is 1.58. The lowest BCUT2D eigenvalue weighted by Crippen LogP contribution is -2.01. The molecule has 2 aliphatic rings. The minimum atomic E-state index is -0.0295. The molecule has 0 fully saturated rings. The van der Waals surface area contributed by atoms with E-state index in [1.54, 1.807) is 0 Å². The molecule has 6 rings (SSSR count). The number of hydrogen-bond acceptors (Lipinski definition) is 3. The molecule has 0 saturated carbocycles. The van der Waals surface area contributed by atoms with Gasteiger partial charge in [-0.2, -0.15) is 0 Å². The fourth-order valence-electron chi connectivity index (χ4n) is 4.59. The molecule has 0 aromatic heterocycles. The summed E-state index contributed by atoms with van der Waals surface area (Å²) in [5.74, 6) is -0.0590. The van der Waals surface area contributed by atoms with Gasteiger partial charge in [0.05, 0.1) is 9.81 Å². The highest BCUT2D eigenvalue weighted by Gasteiger charge is 2.36. The summed E-state index contributed by atoms with van der Waals surface area (Å²) >= 11 is 1.31. The van der Waals surface area contributed by atoms with Gasteiger partial charge in [0.25, 0.3) is 0 Å². The average molecular weight is 443 g/mol. The van der Waals surface area contributed by atoms with Gasteiger partial charge in [0.1, 0.15) is 0 Å². The molecule has 0 atom stereocenters. The summed E-state index contributed by atoms with van der Waals surface area (Å²) < 4.78 is 0. The third-order valence-corrected chi connectivity index (χ3v) is 7.26. The van der Waals surface area contributed by atoms with E-state index < -0.39 is 0 Å². The van der Waals surface area contributed by atoms with Gasteiger partial charge < -0.3 is 0 Å². The van der Waals surface area contributed by atoms with Crippen molar-refractivity contribution in [2.75, 3.05) is 0 Å². The Morgan fingerprint density at radius 1 is 0.394 bits per heavy atom. The lowest BCUT2D eigenvalue weighted by Gasteiger charge is -2.10. The maximum Gasteiger partial charge on any atom is 0.200 e. The first-order valence-electron chi connectivity index (χ1n) is 10.8. The van der Waals surface area contributed by atoms with Crippen LogP contribution in [0.15, 0.2) is 119 Å². The molecule has 3 heteroatoms. The van der Waals surface area contributed by atoms with Crippen molar-refractivity contribution >= 4 is 34.5 Å². The minimum Gasteiger partial charge on any atom is -0.288 e. The van der Waals surface area contributed by atoms with E-state index in [9.17, 15) is 9.59 Å². The lowest BCUT2D eigenvalue weighted by molar-refractivity contribution is 0.104. The van der Waals surface area contributed by atoms with E-state index in [0.29, 0.717) is 20.9 Å². The number of thioether (sulfide) groups is 1. The smallest absolute Gasteiger partial charge is 0.200 e. The molecule has 0 amide bonds. The van der Waals surface area contributed by atoms with Crippen LogP contribution in [-0.4, -0.2) is 11.6 Å². The summed E-state index contributed by atoms with van der Waals surface area (Å²) in [6.45, 7) is 0. The van der Waals surface area contributed by atoms with Gasteiger partial charge in [-0.15, -0.1) is 0 Å². The summed E-state index contributed by atoms with van der Waals surface area (Å²) in [5, 5.41) is 0. The van der Waals surface area contributed by atoms with Crippen LogP contribution in [0.1, 0.15) is 43.0 Å². The number of fused-ring (bicyclic) bond motifs is 2. The first-order chi connectivity index (χ1) is 16.2. The van der Waals surface area contributed by atoms with Crippen LogP contribution in [0.2, 0.25) is 0 Å². The molecule has 0 radical (unpaired) electrons. The maximum atomic E-state index is 13.6. The molecular formula is C30H18O2S. The molecule has 2 aliphatic carbocycles. The number of carbonyl (C=O) groups excluding carboxylic acids is 2. The Labute approximate surface area is 196 Å². The second kappa shape index (κ2) is 7.88. The van der Waals surface area contributed by atoms with Crippen LogP contribution in [0.4, 0.5) is 0 Å². The molecule has 0 N–H and O–H groups in total. The van der Waals surface area contributed by atoms with Gasteiger partial charge in [0.2, 0.25) is 11.6 Å². The second-order valence-electron chi connectivity index (χ2n) is 7.99. The third kappa shape index (κ3) is 3.12. The van der Waals surface area contributed by atoms with Crippen LogP contribution in [0, 0.1) is 0 Å². The minimum absolute atomic E-state index is 0.0295. The normalized spacial score (nSPS) is 14.7. The van der Waals surface area contributed by atoms with Gasteiger partial charge in [0.15, 0.2) is 0 Å². The van der Waals surface area contributed by atoms with Gasteiger partial charge in [0, 0.05) is 22.3 Å². The van der Waals surface area contributed by atoms with Crippen molar-refractivity contribution in [3.05, 3.63) is 152 Å². The van der Waals surface area contributed by atoms with Crippen molar-refractivity contribution in [1.82, 2.24) is 0 Å². The highest BCUT2D eigenvalue weighted by Crippen LogP contribution is 2.50. The van der Waals surface area contributed by atoms with Crippen LogP contribution in [-0.2, 0) is 0 Å². The van der Waals surface area contributed by atoms with Gasteiger partial charge >= 0.3 is 0 Å². The predicted molar refractivity (Wildman–Crippen MR) is 134 cm³/mol. The maximum absolute atomic E-state index is 13.6. The average Bonchev–Trinajstić information content (AvgIpc) is 3.32. The number of carbonyl (C=O) groups is 2. The Kier molecular flexibility index (Phi) is 4.70. The molecule has 4 aromatic carbocycles. The molecule has 0 bridgehead atoms. The van der Waals surface area contributed by atoms with Gasteiger partial charge in [-0.3, -0.25) is 9.59 Å². The van der Waals surface area contributed by atoms with Crippen molar-refractivity contribution in [3.63, 3.8) is 0 Å². The van der Waals surface area contributed by atoms with Crippen LogP contribution < -0.4 is 0 Å². The number of ketones is 2. The zero-order valence-corrected chi connectivity index (χ0v) is 18.4. The quantitative estimate of drug-likeness (QED) is 0.340. The lowest BCUT2D eigenvalue weighted by atomic mass is 9.99. The Morgan fingerprint density at radius 2 is 0.727 bits per heavy atom. The van der Waals surface area contributed by atoms with Crippen LogP contribution in [0.25, 0.3) is 11.1 Å². The molecule has 0 aliphatic heterocycles. The topological polar surface area (TPSA) is 34.1 Å². The first kappa shape index (κ1) is 19.7. The van der Waals surface area contributed by atoms with E-state index in [0.717, 1.165) is 33.4 Å². The number of allylic oxidation sites excluding steroid dienone is 2. The van der Waals surface area contributed by atoms with Gasteiger partial charge in [-0.05, 0) is 22.3 Å². The fourth-order valence-corrected chi connectivity index (χ4v) is 5.86. The van der Waals surface area contributed by atoms with E-state index in [2.05, 4.69) is 0 Å². The van der Waals surface area contributed by atoms with Gasteiger partial charge in [-0.1, -0.05) is 121 Å². The largest absolute Gasteiger partial charge is 0.288 e. The van der Waals surface area contributed by atoms with Crippen LogP contribution >= 0.6 is 11.8 Å². The highest BCUT2D eigenvalue weighted by atomic mass is 32.2. The summed E-state index contributed by atoms with van der Waals surface area (Å²) in [6.07, 6.45) is 0. The van der Waals surface area contributed by atoms with E-state index in [-0.39, 0.29) is 11.6 Å². The molecule has 0 saturated heterocycles. The van der Waals surface area contributed by atoms with Crippen molar-refractivity contribution in [3.8, 4) is 0 Å². The Bertz CT molecular complexity index is 1380. The van der Waals surface area contributed by atoms with Crippen molar-refractivity contribution in [2.24, 2.45) is 0 Å². The SMILES string of the molecule is O=C1C(SC2=C(c3ccccc3)c3ccccc3C2=O)=C(c2ccccc2)c2ccccc21. The monoisotopic (exact) mass is 442 g/mol. The van der Waals surface area contributed by atoms with Gasteiger partial charge in [-0.25, -0.2) is 0 Å². The Morgan fingerprint density at radius 3 is 1.12 bits per heavy atom. The molecule has 33 heavy (non-hydrogen) atoms. The van der Waals surface area contributed by atoms with E-state index in [1.807, 2.05) is 109 Å². The summed E-state index contributed by atoms with van der Waals surface area (Å²) in [6, 6.07) is 35.3. The van der Waals surface area contributed by atoms with Crippen molar-refractivity contribution < 1.29 is 9.59 Å². The molecule has 0 spiro atoms. The molecular weight excluding hydrogens is 424 g/mol. The fraction of sp³-hybridized carbons (Fsp3) is 0. The summed E-state index contributed by atoms with van der Waals surface area (Å²) in [4.78, 5) is 28.4. The molecule has 4 aromatic rings. The number of rotatable bonds is 4. The number of benzene rings is 4. The molecule has 0 heterocycles. The highest BCUT2D eigenvalue weighted by molar-refractivity contribution is 8.09. The molecule has 2 nitrogen and oxygen atoms in total. The summed E-state index contributed by atoms with van der Waals surface area (Å²) in [5.41, 5.74) is 6.94. The third-order valence-electron chi connectivity index (χ3n) is 6.08. The molecule has 0 unspecified atom stereocenters. The zero-order chi connectivity index (χ0) is 22.4. The zero-order valence-electron chi connectivity index (χ0n) is 17.6. The van der Waals surface area contributed by atoms with Crippen molar-refractivity contribution in [2.45, 2.75) is 0 Å². The van der Waals surface area contributed by atoms with E-state index in [4.69, 9.17) is 0 Å². The summed E-state index contributed by atoms with van der Waals surface area (Å²) in [7, 11) is 0. The standard InChI is InChI=1S/C30H18O2S/c31-27-23-17-9-7-15-21(23)25(19-11-3-1-4-12-19)29(27)33-30-26(20-13-5-2-6-14-20)22-16-8-10-18-24(22)28(30)32/h1-18H. The second-order valence-corrected chi connectivity index (χ2v) is 9.01. The Hall–Kier alpha value is -3.95. The van der Waals surface area contributed by atoms with E-state index >= 15 is 0 Å².